The summed E-state index contributed by atoms with van der Waals surface area (Å²) in [7, 11) is 0. The van der Waals surface area contributed by atoms with Gasteiger partial charge in [0.25, 0.3) is 0 Å². The van der Waals surface area contributed by atoms with Crippen LogP contribution in [-0.2, 0) is 0 Å². The Bertz CT molecular complexity index is 391. The molecular weight excluding hydrogens is 252 g/mol. The van der Waals surface area contributed by atoms with Gasteiger partial charge in [0.1, 0.15) is 0 Å². The zero-order chi connectivity index (χ0) is 11.5. The number of halogens is 1. The van der Waals surface area contributed by atoms with Crippen LogP contribution in [0.2, 0.25) is 0 Å². The van der Waals surface area contributed by atoms with Gasteiger partial charge in [0.15, 0.2) is 0 Å². The smallest absolute Gasteiger partial charge is 0.0992 e. The zero-order valence-electron chi connectivity index (χ0n) is 9.26. The highest BCUT2D eigenvalue weighted by Crippen LogP contribution is 2.23. The maximum absolute atomic E-state index is 8.84. The first-order chi connectivity index (χ1) is 6.96. The largest absolute Gasteiger partial charge is 0.380 e. The monoisotopic (exact) mass is 266 g/mol. The molecule has 0 spiro atoms. The summed E-state index contributed by atoms with van der Waals surface area (Å²) in [5.41, 5.74) is 1.69. The minimum atomic E-state index is 0.0491. The van der Waals surface area contributed by atoms with Crippen molar-refractivity contribution in [3.63, 3.8) is 0 Å². The highest BCUT2D eigenvalue weighted by Gasteiger charge is 2.14. The van der Waals surface area contributed by atoms with Gasteiger partial charge in [-0.2, -0.15) is 5.26 Å². The SMILES string of the molecule is CCC(C)(C)Nc1cc(Br)cc(C#N)c1. The van der Waals surface area contributed by atoms with E-state index in [0.29, 0.717) is 5.56 Å². The van der Waals surface area contributed by atoms with Crippen LogP contribution in [0, 0.1) is 11.3 Å². The molecule has 0 saturated carbocycles. The lowest BCUT2D eigenvalue weighted by Gasteiger charge is -2.26. The summed E-state index contributed by atoms with van der Waals surface area (Å²) < 4.78 is 0.927. The van der Waals surface area contributed by atoms with Gasteiger partial charge in [0, 0.05) is 15.7 Å². The average molecular weight is 267 g/mol. The predicted octanol–water partition coefficient (Wildman–Crippen LogP) is 3.92. The fourth-order valence-electron chi connectivity index (χ4n) is 1.21. The van der Waals surface area contributed by atoms with Crippen molar-refractivity contribution in [2.45, 2.75) is 32.7 Å². The van der Waals surface area contributed by atoms with Crippen molar-refractivity contribution in [2.75, 3.05) is 5.32 Å². The molecule has 15 heavy (non-hydrogen) atoms. The van der Waals surface area contributed by atoms with Crippen molar-refractivity contribution >= 4 is 21.6 Å². The topological polar surface area (TPSA) is 35.8 Å². The zero-order valence-corrected chi connectivity index (χ0v) is 10.9. The van der Waals surface area contributed by atoms with Crippen LogP contribution in [0.15, 0.2) is 22.7 Å². The van der Waals surface area contributed by atoms with Crippen LogP contribution in [0.5, 0.6) is 0 Å². The third-order valence-corrected chi connectivity index (χ3v) is 2.85. The minimum absolute atomic E-state index is 0.0491. The molecule has 0 amide bonds. The summed E-state index contributed by atoms with van der Waals surface area (Å²) in [6, 6.07) is 7.80. The third kappa shape index (κ3) is 3.56. The second-order valence-corrected chi connectivity index (χ2v) is 5.12. The molecule has 0 fully saturated rings. The Balaban J connectivity index is 2.96. The Morgan fingerprint density at radius 1 is 1.40 bits per heavy atom. The molecule has 0 unspecified atom stereocenters. The van der Waals surface area contributed by atoms with Crippen molar-refractivity contribution in [3.8, 4) is 6.07 Å². The van der Waals surface area contributed by atoms with Crippen molar-refractivity contribution in [3.05, 3.63) is 28.2 Å². The van der Waals surface area contributed by atoms with Gasteiger partial charge in [-0.1, -0.05) is 22.9 Å². The first-order valence-electron chi connectivity index (χ1n) is 4.96. The van der Waals surface area contributed by atoms with Gasteiger partial charge in [-0.05, 0) is 38.5 Å². The molecule has 3 heteroatoms. The maximum atomic E-state index is 8.84. The van der Waals surface area contributed by atoms with Crippen molar-refractivity contribution in [2.24, 2.45) is 0 Å². The molecule has 1 aromatic rings. The van der Waals surface area contributed by atoms with Gasteiger partial charge in [-0.25, -0.2) is 0 Å². The van der Waals surface area contributed by atoms with Crippen molar-refractivity contribution < 1.29 is 0 Å². The molecule has 0 heterocycles. The quantitative estimate of drug-likeness (QED) is 0.900. The Morgan fingerprint density at radius 3 is 2.60 bits per heavy atom. The van der Waals surface area contributed by atoms with Crippen molar-refractivity contribution in [1.29, 1.82) is 5.26 Å². The molecule has 0 saturated heterocycles. The second kappa shape index (κ2) is 4.67. The number of rotatable bonds is 3. The van der Waals surface area contributed by atoms with E-state index in [1.807, 2.05) is 18.2 Å². The van der Waals surface area contributed by atoms with Crippen LogP contribution in [0.25, 0.3) is 0 Å². The molecule has 1 N–H and O–H groups in total. The van der Waals surface area contributed by atoms with E-state index in [2.05, 4.69) is 48.1 Å². The highest BCUT2D eigenvalue weighted by atomic mass is 79.9. The number of nitrogens with zero attached hydrogens (tertiary/aromatic N) is 1. The van der Waals surface area contributed by atoms with E-state index in [1.54, 1.807) is 0 Å². The Kier molecular flexibility index (Phi) is 3.76. The number of hydrogen-bond donors (Lipinski definition) is 1. The molecule has 2 nitrogen and oxygen atoms in total. The number of nitriles is 1. The third-order valence-electron chi connectivity index (χ3n) is 2.39. The van der Waals surface area contributed by atoms with Gasteiger partial charge in [0.05, 0.1) is 11.6 Å². The highest BCUT2D eigenvalue weighted by molar-refractivity contribution is 9.10. The van der Waals surface area contributed by atoms with Crippen LogP contribution in [0.4, 0.5) is 5.69 Å². The van der Waals surface area contributed by atoms with Crippen LogP contribution in [-0.4, -0.2) is 5.54 Å². The number of anilines is 1. The number of benzene rings is 1. The summed E-state index contributed by atoms with van der Waals surface area (Å²) in [5, 5.41) is 12.2. The van der Waals surface area contributed by atoms with E-state index in [9.17, 15) is 0 Å². The molecule has 0 aliphatic heterocycles. The fraction of sp³-hybridized carbons (Fsp3) is 0.417. The molecule has 0 bridgehead atoms. The predicted molar refractivity (Wildman–Crippen MR) is 66.8 cm³/mol. The first kappa shape index (κ1) is 12.1. The van der Waals surface area contributed by atoms with Gasteiger partial charge in [-0.15, -0.1) is 0 Å². The molecular formula is C12H15BrN2. The molecule has 0 radical (unpaired) electrons. The summed E-state index contributed by atoms with van der Waals surface area (Å²) in [5.74, 6) is 0. The van der Waals surface area contributed by atoms with Gasteiger partial charge >= 0.3 is 0 Å². The van der Waals surface area contributed by atoms with Crippen LogP contribution in [0.3, 0.4) is 0 Å². The first-order valence-corrected chi connectivity index (χ1v) is 5.75. The summed E-state index contributed by atoms with van der Waals surface area (Å²) >= 11 is 3.39. The minimum Gasteiger partial charge on any atom is -0.380 e. The number of hydrogen-bond acceptors (Lipinski definition) is 2. The van der Waals surface area contributed by atoms with E-state index in [0.717, 1.165) is 16.6 Å². The number of nitrogens with one attached hydrogen (secondary N) is 1. The lowest BCUT2D eigenvalue weighted by atomic mass is 10.0. The van der Waals surface area contributed by atoms with Crippen LogP contribution < -0.4 is 5.32 Å². The lowest BCUT2D eigenvalue weighted by molar-refractivity contribution is 0.547. The Morgan fingerprint density at radius 2 is 2.07 bits per heavy atom. The molecule has 0 aliphatic rings. The lowest BCUT2D eigenvalue weighted by Crippen LogP contribution is -2.29. The molecule has 1 aromatic carbocycles. The van der Waals surface area contributed by atoms with Gasteiger partial charge in [-0.3, -0.25) is 0 Å². The van der Waals surface area contributed by atoms with Crippen LogP contribution >= 0.6 is 15.9 Å². The molecule has 1 rings (SSSR count). The fourth-order valence-corrected chi connectivity index (χ4v) is 1.70. The van der Waals surface area contributed by atoms with E-state index in [-0.39, 0.29) is 5.54 Å². The van der Waals surface area contributed by atoms with E-state index < -0.39 is 0 Å². The van der Waals surface area contributed by atoms with E-state index in [4.69, 9.17) is 5.26 Å². The maximum Gasteiger partial charge on any atom is 0.0992 e. The molecule has 0 aliphatic carbocycles. The van der Waals surface area contributed by atoms with Crippen molar-refractivity contribution in [1.82, 2.24) is 0 Å². The summed E-state index contributed by atoms with van der Waals surface area (Å²) in [4.78, 5) is 0. The summed E-state index contributed by atoms with van der Waals surface area (Å²) in [6.45, 7) is 6.41. The molecule has 0 aromatic heterocycles. The summed E-state index contributed by atoms with van der Waals surface area (Å²) in [6.07, 6.45) is 1.03. The molecule has 0 atom stereocenters. The Labute approximate surface area is 99.4 Å². The normalized spacial score (nSPS) is 10.9. The standard InChI is InChI=1S/C12H15BrN2/c1-4-12(2,3)15-11-6-9(8-14)5-10(13)7-11/h5-7,15H,4H2,1-3H3. The average Bonchev–Trinajstić information content (AvgIpc) is 2.16. The second-order valence-electron chi connectivity index (χ2n) is 4.20. The van der Waals surface area contributed by atoms with Gasteiger partial charge < -0.3 is 5.32 Å². The van der Waals surface area contributed by atoms with E-state index in [1.165, 1.54) is 0 Å². The van der Waals surface area contributed by atoms with Crippen LogP contribution in [0.1, 0.15) is 32.8 Å². The van der Waals surface area contributed by atoms with Gasteiger partial charge in [0.2, 0.25) is 0 Å². The van der Waals surface area contributed by atoms with E-state index >= 15 is 0 Å². The Hall–Kier alpha value is -1.01. The molecule has 80 valence electrons.